The zero-order chi connectivity index (χ0) is 17.1. The minimum atomic E-state index is -1.68. The van der Waals surface area contributed by atoms with E-state index in [4.69, 9.17) is 19.2 Å². The Morgan fingerprint density at radius 3 is 1.77 bits per heavy atom. The molecule has 0 N–H and O–H groups in total. The van der Waals surface area contributed by atoms with Gasteiger partial charge in [0.15, 0.2) is 0 Å². The van der Waals surface area contributed by atoms with E-state index in [9.17, 15) is 9.59 Å². The Morgan fingerprint density at radius 1 is 0.955 bits per heavy atom. The highest BCUT2D eigenvalue weighted by Crippen LogP contribution is 2.26. The molecule has 0 aromatic heterocycles. The predicted octanol–water partition coefficient (Wildman–Crippen LogP) is 1.77. The summed E-state index contributed by atoms with van der Waals surface area (Å²) in [7, 11) is 2.70. The van der Waals surface area contributed by atoms with Gasteiger partial charge in [0.1, 0.15) is 6.54 Å². The minimum absolute atomic E-state index is 0.230. The van der Waals surface area contributed by atoms with Crippen LogP contribution in [0.25, 0.3) is 0 Å². The van der Waals surface area contributed by atoms with Crippen LogP contribution in [0.4, 0.5) is 0 Å². The van der Waals surface area contributed by atoms with Crippen molar-refractivity contribution >= 4 is 11.8 Å². The van der Waals surface area contributed by atoms with E-state index in [1.165, 1.54) is 14.2 Å². The van der Waals surface area contributed by atoms with Crippen LogP contribution in [-0.4, -0.2) is 49.1 Å². The molecule has 2 amide bonds. The average molecular weight is 315 g/mol. The Hall–Kier alpha value is -1.28. The summed E-state index contributed by atoms with van der Waals surface area (Å²) in [5, 5.41) is 0. The van der Waals surface area contributed by atoms with Crippen LogP contribution in [0.15, 0.2) is 11.1 Å². The van der Waals surface area contributed by atoms with Crippen LogP contribution < -0.4 is 0 Å². The number of carbonyl (C=O) groups excluding carboxylic acids is 2. The monoisotopic (exact) mass is 315 g/mol. The molecule has 1 aliphatic rings. The summed E-state index contributed by atoms with van der Waals surface area (Å²) in [6, 6.07) is 0. The lowest BCUT2D eigenvalue weighted by Gasteiger charge is -2.34. The number of nitrogens with zero attached hydrogens (tertiary/aromatic N) is 1. The first-order valence-electron chi connectivity index (χ1n) is 7.14. The fourth-order valence-corrected chi connectivity index (χ4v) is 1.70. The second kappa shape index (κ2) is 6.87. The molecule has 22 heavy (non-hydrogen) atoms. The fraction of sp³-hybridized carbons (Fsp3) is 0.733. The molecule has 0 saturated carbocycles. The van der Waals surface area contributed by atoms with Crippen LogP contribution in [0.5, 0.6) is 0 Å². The molecule has 0 fully saturated rings. The third-order valence-electron chi connectivity index (χ3n) is 3.91. The molecule has 0 radical (unpaired) electrons. The van der Waals surface area contributed by atoms with E-state index in [1.807, 2.05) is 20.8 Å². The van der Waals surface area contributed by atoms with Gasteiger partial charge in [-0.25, -0.2) is 4.89 Å². The van der Waals surface area contributed by atoms with Crippen molar-refractivity contribution in [2.24, 2.45) is 0 Å². The van der Waals surface area contributed by atoms with Crippen molar-refractivity contribution in [3.05, 3.63) is 11.1 Å². The second-order valence-corrected chi connectivity index (χ2v) is 5.82. The van der Waals surface area contributed by atoms with Crippen LogP contribution >= 0.6 is 0 Å². The summed E-state index contributed by atoms with van der Waals surface area (Å²) in [5.74, 6) is -2.46. The van der Waals surface area contributed by atoms with E-state index < -0.39 is 11.6 Å². The van der Waals surface area contributed by atoms with Crippen molar-refractivity contribution in [1.82, 2.24) is 4.90 Å². The molecule has 0 spiro atoms. The first-order valence-corrected chi connectivity index (χ1v) is 7.14. The maximum absolute atomic E-state index is 12.1. The van der Waals surface area contributed by atoms with Crippen molar-refractivity contribution in [2.75, 3.05) is 20.8 Å². The highest BCUT2D eigenvalue weighted by Gasteiger charge is 2.44. The highest BCUT2D eigenvalue weighted by molar-refractivity contribution is 6.18. The molecule has 7 heteroatoms. The number of amides is 2. The van der Waals surface area contributed by atoms with Gasteiger partial charge in [0.2, 0.25) is 0 Å². The Morgan fingerprint density at radius 2 is 1.41 bits per heavy atom. The molecule has 7 nitrogen and oxygen atoms in total. The molecule has 1 heterocycles. The third-order valence-corrected chi connectivity index (χ3v) is 3.91. The topological polar surface area (TPSA) is 74.3 Å². The Labute approximate surface area is 131 Å². The normalized spacial score (nSPS) is 17.0. The maximum atomic E-state index is 12.1. The minimum Gasteiger partial charge on any atom is -0.328 e. The number of rotatable bonds is 8. The zero-order valence-corrected chi connectivity index (χ0v) is 14.3. The Kier molecular flexibility index (Phi) is 5.86. The van der Waals surface area contributed by atoms with Gasteiger partial charge < -0.3 is 9.47 Å². The summed E-state index contributed by atoms with van der Waals surface area (Å²) in [6.07, 6.45) is 0.692. The maximum Gasteiger partial charge on any atom is 0.330 e. The molecular weight excluding hydrogens is 290 g/mol. The lowest BCUT2D eigenvalue weighted by molar-refractivity contribution is -0.520. The van der Waals surface area contributed by atoms with Crippen molar-refractivity contribution < 1.29 is 28.8 Å². The molecule has 0 aromatic rings. The molecule has 0 saturated heterocycles. The lowest BCUT2D eigenvalue weighted by atomic mass is 10.1. The summed E-state index contributed by atoms with van der Waals surface area (Å²) >= 11 is 0. The van der Waals surface area contributed by atoms with E-state index in [-0.39, 0.29) is 18.4 Å². The van der Waals surface area contributed by atoms with Crippen molar-refractivity contribution in [1.29, 1.82) is 0 Å². The molecule has 0 bridgehead atoms. The van der Waals surface area contributed by atoms with E-state index in [0.717, 1.165) is 4.90 Å². The first-order chi connectivity index (χ1) is 10.1. The van der Waals surface area contributed by atoms with E-state index in [0.29, 0.717) is 17.6 Å². The molecule has 126 valence electrons. The van der Waals surface area contributed by atoms with Gasteiger partial charge in [-0.1, -0.05) is 6.92 Å². The van der Waals surface area contributed by atoms with Crippen molar-refractivity contribution in [3.8, 4) is 0 Å². The summed E-state index contributed by atoms with van der Waals surface area (Å²) in [4.78, 5) is 35.9. The van der Waals surface area contributed by atoms with Gasteiger partial charge in [-0.3, -0.25) is 14.5 Å². The van der Waals surface area contributed by atoms with Gasteiger partial charge in [0.25, 0.3) is 11.8 Å². The number of carbonyl (C=O) groups is 2. The molecule has 1 rings (SSSR count). The largest absolute Gasteiger partial charge is 0.330 e. The van der Waals surface area contributed by atoms with Gasteiger partial charge in [0.05, 0.1) is 5.60 Å². The van der Waals surface area contributed by atoms with E-state index in [2.05, 4.69) is 0 Å². The number of methoxy groups -OCH3 is 2. The Balaban J connectivity index is 2.89. The van der Waals surface area contributed by atoms with Crippen LogP contribution in [0, 0.1) is 0 Å². The van der Waals surface area contributed by atoms with Crippen LogP contribution in [0.1, 0.15) is 41.0 Å². The smallest absolute Gasteiger partial charge is 0.328 e. The number of hydrogen-bond acceptors (Lipinski definition) is 6. The molecular formula is C15H25NO6. The quantitative estimate of drug-likeness (QED) is 0.294. The summed E-state index contributed by atoms with van der Waals surface area (Å²) in [6.45, 7) is 8.60. The average Bonchev–Trinajstić information content (AvgIpc) is 2.69. The standard InChI is InChI=1S/C15H25NO6/c1-8-14(4,5)21-22-15(19-6,20-7)9-16-12(17)10(2)11(3)13(16)18/h8-9H2,1-7H3. The van der Waals surface area contributed by atoms with Crippen LogP contribution in [-0.2, 0) is 28.8 Å². The van der Waals surface area contributed by atoms with Gasteiger partial charge in [-0.15, -0.1) is 0 Å². The molecule has 0 aromatic carbocycles. The molecule has 1 aliphatic heterocycles. The molecule has 0 atom stereocenters. The highest BCUT2D eigenvalue weighted by atomic mass is 17.3. The SMILES string of the molecule is CCC(C)(C)OOC(CN1C(=O)C(C)=C(C)C1=O)(OC)OC. The van der Waals surface area contributed by atoms with Gasteiger partial charge in [-0.2, -0.15) is 4.89 Å². The van der Waals surface area contributed by atoms with Crippen molar-refractivity contribution in [2.45, 2.75) is 52.6 Å². The molecule has 0 aliphatic carbocycles. The van der Waals surface area contributed by atoms with Crippen LogP contribution in [0.3, 0.4) is 0 Å². The summed E-state index contributed by atoms with van der Waals surface area (Å²) in [5.41, 5.74) is 0.243. The Bertz CT molecular complexity index is 454. The second-order valence-electron chi connectivity index (χ2n) is 5.82. The third kappa shape index (κ3) is 3.73. The fourth-order valence-electron chi connectivity index (χ4n) is 1.70. The zero-order valence-electron chi connectivity index (χ0n) is 14.3. The van der Waals surface area contributed by atoms with E-state index in [1.54, 1.807) is 13.8 Å². The predicted molar refractivity (Wildman–Crippen MR) is 78.4 cm³/mol. The lowest BCUT2D eigenvalue weighted by Crippen LogP contribution is -2.51. The van der Waals surface area contributed by atoms with Gasteiger partial charge in [-0.05, 0) is 34.1 Å². The van der Waals surface area contributed by atoms with Gasteiger partial charge in [0, 0.05) is 25.4 Å². The number of hydrogen-bond donors (Lipinski definition) is 0. The molecule has 0 unspecified atom stereocenters. The first kappa shape index (κ1) is 18.8. The summed E-state index contributed by atoms with van der Waals surface area (Å²) < 4.78 is 10.4. The van der Waals surface area contributed by atoms with Crippen LogP contribution in [0.2, 0.25) is 0 Å². The number of imide groups is 1. The van der Waals surface area contributed by atoms with E-state index >= 15 is 0 Å². The number of ether oxygens (including phenoxy) is 2. The van der Waals surface area contributed by atoms with Gasteiger partial charge >= 0.3 is 5.97 Å². The van der Waals surface area contributed by atoms with Crippen molar-refractivity contribution in [3.63, 3.8) is 0 Å².